The highest BCUT2D eigenvalue weighted by atomic mass is 127. The summed E-state index contributed by atoms with van der Waals surface area (Å²) in [5.74, 6) is 0. The maximum Gasteiger partial charge on any atom is 0.104 e. The summed E-state index contributed by atoms with van der Waals surface area (Å²) < 4.78 is 0.992. The van der Waals surface area contributed by atoms with E-state index in [1.807, 2.05) is 0 Å². The van der Waals surface area contributed by atoms with Crippen molar-refractivity contribution in [2.75, 3.05) is 21.1 Å². The summed E-state index contributed by atoms with van der Waals surface area (Å²) in [5.41, 5.74) is 4.32. The van der Waals surface area contributed by atoms with Crippen molar-refractivity contribution in [3.05, 3.63) is 34.9 Å². The lowest BCUT2D eigenvalue weighted by Crippen LogP contribution is -3.00. The Morgan fingerprint density at radius 3 is 1.79 bits per heavy atom. The van der Waals surface area contributed by atoms with Crippen LogP contribution in [0.2, 0.25) is 0 Å². The molecular formula is C12H20IN. The van der Waals surface area contributed by atoms with Gasteiger partial charge < -0.3 is 28.5 Å². The van der Waals surface area contributed by atoms with Gasteiger partial charge in [-0.3, -0.25) is 0 Å². The molecular weight excluding hydrogens is 285 g/mol. The Hall–Kier alpha value is -0.0900. The van der Waals surface area contributed by atoms with E-state index in [0.717, 1.165) is 11.0 Å². The van der Waals surface area contributed by atoms with Crippen LogP contribution in [0.3, 0.4) is 0 Å². The summed E-state index contributed by atoms with van der Waals surface area (Å²) in [6, 6.07) is 6.51. The third-order valence-electron chi connectivity index (χ3n) is 2.28. The molecule has 1 aromatic carbocycles. The van der Waals surface area contributed by atoms with Crippen molar-refractivity contribution < 1.29 is 28.5 Å². The first-order chi connectivity index (χ1) is 5.90. The first-order valence-electron chi connectivity index (χ1n) is 4.76. The van der Waals surface area contributed by atoms with Gasteiger partial charge in [0, 0.05) is 5.56 Å². The van der Waals surface area contributed by atoms with Crippen LogP contribution in [-0.4, -0.2) is 25.6 Å². The molecule has 0 aliphatic carbocycles. The molecule has 0 amide bonds. The second-order valence-electron chi connectivity index (χ2n) is 4.82. The average Bonchev–Trinajstić information content (AvgIpc) is 1.95. The number of aryl methyl sites for hydroxylation is 2. The Bertz CT molecular complexity index is 279. The number of halogens is 1. The van der Waals surface area contributed by atoms with E-state index < -0.39 is 0 Å². The monoisotopic (exact) mass is 305 g/mol. The van der Waals surface area contributed by atoms with Crippen molar-refractivity contribution in [3.63, 3.8) is 0 Å². The second kappa shape index (κ2) is 5.12. The van der Waals surface area contributed by atoms with Gasteiger partial charge in [0.2, 0.25) is 0 Å². The van der Waals surface area contributed by atoms with Gasteiger partial charge in [0.05, 0.1) is 21.1 Å². The zero-order valence-electron chi connectivity index (χ0n) is 9.76. The van der Waals surface area contributed by atoms with Gasteiger partial charge >= 0.3 is 0 Å². The minimum atomic E-state index is 0. The number of benzene rings is 1. The Kier molecular flexibility index (Phi) is 5.09. The summed E-state index contributed by atoms with van der Waals surface area (Å²) in [5, 5.41) is 0. The second-order valence-corrected chi connectivity index (χ2v) is 4.82. The van der Waals surface area contributed by atoms with Crippen molar-refractivity contribution in [2.45, 2.75) is 20.4 Å². The van der Waals surface area contributed by atoms with Gasteiger partial charge in [0.1, 0.15) is 6.54 Å². The molecule has 0 aliphatic heterocycles. The van der Waals surface area contributed by atoms with Gasteiger partial charge in [-0.2, -0.15) is 0 Å². The fourth-order valence-corrected chi connectivity index (χ4v) is 1.57. The predicted octanol–water partition coefficient (Wildman–Crippen LogP) is -0.486. The van der Waals surface area contributed by atoms with Crippen LogP contribution in [0.15, 0.2) is 18.2 Å². The van der Waals surface area contributed by atoms with E-state index in [-0.39, 0.29) is 24.0 Å². The number of hydrogen-bond acceptors (Lipinski definition) is 0. The Labute approximate surface area is 105 Å². The smallest absolute Gasteiger partial charge is 0.104 e. The van der Waals surface area contributed by atoms with E-state index in [1.165, 1.54) is 16.7 Å². The molecule has 0 N–H and O–H groups in total. The molecule has 0 unspecified atom stereocenters. The minimum Gasteiger partial charge on any atom is -1.00 e. The van der Waals surface area contributed by atoms with E-state index in [1.54, 1.807) is 0 Å². The van der Waals surface area contributed by atoms with E-state index in [2.05, 4.69) is 53.2 Å². The first kappa shape index (κ1) is 13.9. The zero-order valence-corrected chi connectivity index (χ0v) is 11.9. The van der Waals surface area contributed by atoms with Crippen molar-refractivity contribution in [3.8, 4) is 0 Å². The maximum absolute atomic E-state index is 2.23. The van der Waals surface area contributed by atoms with Crippen LogP contribution in [0.5, 0.6) is 0 Å². The van der Waals surface area contributed by atoms with Crippen LogP contribution >= 0.6 is 0 Å². The van der Waals surface area contributed by atoms with Crippen LogP contribution in [0.1, 0.15) is 16.7 Å². The highest BCUT2D eigenvalue weighted by Gasteiger charge is 2.12. The molecule has 0 saturated carbocycles. The largest absolute Gasteiger partial charge is 1.00 e. The molecule has 1 aromatic rings. The molecule has 0 radical (unpaired) electrons. The SMILES string of the molecule is Cc1cccc(C)c1C[N+](C)(C)C.[I-]. The van der Waals surface area contributed by atoms with Crippen molar-refractivity contribution in [1.82, 2.24) is 0 Å². The lowest BCUT2D eigenvalue weighted by atomic mass is 10.0. The summed E-state index contributed by atoms with van der Waals surface area (Å²) in [6.07, 6.45) is 0. The van der Waals surface area contributed by atoms with Gasteiger partial charge in [0.15, 0.2) is 0 Å². The van der Waals surface area contributed by atoms with Gasteiger partial charge in [-0.05, 0) is 25.0 Å². The van der Waals surface area contributed by atoms with Crippen LogP contribution in [0.25, 0.3) is 0 Å². The number of nitrogens with zero attached hydrogens (tertiary/aromatic N) is 1. The molecule has 0 aliphatic rings. The fourth-order valence-electron chi connectivity index (χ4n) is 1.57. The van der Waals surface area contributed by atoms with Crippen LogP contribution in [0, 0.1) is 13.8 Å². The van der Waals surface area contributed by atoms with Crippen molar-refractivity contribution in [1.29, 1.82) is 0 Å². The Morgan fingerprint density at radius 1 is 1.00 bits per heavy atom. The predicted molar refractivity (Wildman–Crippen MR) is 57.7 cm³/mol. The van der Waals surface area contributed by atoms with Crippen LogP contribution in [-0.2, 0) is 6.54 Å². The number of quaternary nitrogens is 1. The summed E-state index contributed by atoms with van der Waals surface area (Å²) in [6.45, 7) is 5.49. The van der Waals surface area contributed by atoms with Crippen LogP contribution in [0.4, 0.5) is 0 Å². The summed E-state index contributed by atoms with van der Waals surface area (Å²) in [7, 11) is 6.68. The summed E-state index contributed by atoms with van der Waals surface area (Å²) >= 11 is 0. The fraction of sp³-hybridized carbons (Fsp3) is 0.500. The lowest BCUT2D eigenvalue weighted by molar-refractivity contribution is -0.884. The maximum atomic E-state index is 2.23. The molecule has 0 bridgehead atoms. The standard InChI is InChI=1S/C12H20N.HI/c1-10-7-6-8-11(2)12(10)9-13(3,4)5;/h6-8H,9H2,1-5H3;1H/q+1;/p-1. The minimum absolute atomic E-state index is 0. The summed E-state index contributed by atoms with van der Waals surface area (Å²) in [4.78, 5) is 0. The molecule has 80 valence electrons. The quantitative estimate of drug-likeness (QED) is 0.511. The molecule has 0 atom stereocenters. The van der Waals surface area contributed by atoms with Crippen LogP contribution < -0.4 is 24.0 Å². The van der Waals surface area contributed by atoms with Gasteiger partial charge in [-0.1, -0.05) is 18.2 Å². The van der Waals surface area contributed by atoms with E-state index in [4.69, 9.17) is 0 Å². The third-order valence-corrected chi connectivity index (χ3v) is 2.28. The highest BCUT2D eigenvalue weighted by molar-refractivity contribution is 5.32. The lowest BCUT2D eigenvalue weighted by Gasteiger charge is -2.25. The molecule has 14 heavy (non-hydrogen) atoms. The highest BCUT2D eigenvalue weighted by Crippen LogP contribution is 2.16. The third kappa shape index (κ3) is 3.96. The number of hydrogen-bond donors (Lipinski definition) is 0. The molecule has 0 aromatic heterocycles. The molecule has 0 heterocycles. The first-order valence-corrected chi connectivity index (χ1v) is 4.76. The Balaban J connectivity index is 0.00000169. The van der Waals surface area contributed by atoms with E-state index in [9.17, 15) is 0 Å². The topological polar surface area (TPSA) is 0 Å². The molecule has 2 heteroatoms. The van der Waals surface area contributed by atoms with Gasteiger partial charge in [0.25, 0.3) is 0 Å². The van der Waals surface area contributed by atoms with E-state index in [0.29, 0.717) is 0 Å². The average molecular weight is 305 g/mol. The molecule has 1 rings (SSSR count). The van der Waals surface area contributed by atoms with Gasteiger partial charge in [-0.15, -0.1) is 0 Å². The van der Waals surface area contributed by atoms with E-state index >= 15 is 0 Å². The molecule has 1 nitrogen and oxygen atoms in total. The molecule has 0 saturated heterocycles. The van der Waals surface area contributed by atoms with Crippen molar-refractivity contribution in [2.24, 2.45) is 0 Å². The normalized spacial score (nSPS) is 10.9. The Morgan fingerprint density at radius 2 is 1.43 bits per heavy atom. The molecule has 0 fully saturated rings. The van der Waals surface area contributed by atoms with Crippen molar-refractivity contribution >= 4 is 0 Å². The van der Waals surface area contributed by atoms with Gasteiger partial charge in [-0.25, -0.2) is 0 Å². The zero-order chi connectivity index (χ0) is 10.1. The number of rotatable bonds is 2. The molecule has 0 spiro atoms.